The molecule has 0 aromatic heterocycles. The highest BCUT2D eigenvalue weighted by molar-refractivity contribution is 5.80. The van der Waals surface area contributed by atoms with Crippen molar-refractivity contribution in [1.82, 2.24) is 0 Å². The van der Waals surface area contributed by atoms with Crippen molar-refractivity contribution in [2.45, 2.75) is 19.9 Å². The number of hydrogen-bond acceptors (Lipinski definition) is 5. The van der Waals surface area contributed by atoms with Gasteiger partial charge < -0.3 is 10.1 Å². The first-order chi connectivity index (χ1) is 7.95. The molecule has 0 radical (unpaired) electrons. The van der Waals surface area contributed by atoms with E-state index in [9.17, 15) is 14.9 Å². The first-order valence-electron chi connectivity index (χ1n) is 5.05. The minimum atomic E-state index is -0.638. The summed E-state index contributed by atoms with van der Waals surface area (Å²) in [5.41, 5.74) is 1.12. The SMILES string of the molecule is COC(=O)C(C)Nc1cc(C)ccc1[N+](=O)[O-]. The normalized spacial score (nSPS) is 11.7. The molecule has 1 rings (SSSR count). The molecule has 6 nitrogen and oxygen atoms in total. The maximum absolute atomic E-state index is 11.2. The van der Waals surface area contributed by atoms with Crippen molar-refractivity contribution in [3.8, 4) is 0 Å². The average molecular weight is 238 g/mol. The Hall–Kier alpha value is -2.11. The Morgan fingerprint density at radius 1 is 1.53 bits per heavy atom. The summed E-state index contributed by atoms with van der Waals surface area (Å²) in [5, 5.41) is 13.6. The number of nitrogens with one attached hydrogen (secondary N) is 1. The van der Waals surface area contributed by atoms with Crippen molar-refractivity contribution in [2.24, 2.45) is 0 Å². The minimum absolute atomic E-state index is 0.0636. The van der Waals surface area contributed by atoms with Crippen molar-refractivity contribution in [2.75, 3.05) is 12.4 Å². The molecule has 17 heavy (non-hydrogen) atoms. The summed E-state index contributed by atoms with van der Waals surface area (Å²) in [4.78, 5) is 21.5. The van der Waals surface area contributed by atoms with Gasteiger partial charge in [-0.25, -0.2) is 4.79 Å². The molecule has 92 valence electrons. The van der Waals surface area contributed by atoms with Gasteiger partial charge in [-0.05, 0) is 25.5 Å². The number of aryl methyl sites for hydroxylation is 1. The molecule has 6 heteroatoms. The van der Waals surface area contributed by atoms with E-state index in [-0.39, 0.29) is 5.69 Å². The average Bonchev–Trinajstić information content (AvgIpc) is 2.27. The zero-order chi connectivity index (χ0) is 13.0. The molecule has 0 aliphatic heterocycles. The smallest absolute Gasteiger partial charge is 0.327 e. The van der Waals surface area contributed by atoms with Gasteiger partial charge in [0.2, 0.25) is 0 Å². The van der Waals surface area contributed by atoms with Crippen LogP contribution in [0.15, 0.2) is 18.2 Å². The summed E-state index contributed by atoms with van der Waals surface area (Å²) < 4.78 is 4.54. The van der Waals surface area contributed by atoms with Crippen molar-refractivity contribution < 1.29 is 14.5 Å². The van der Waals surface area contributed by atoms with Gasteiger partial charge in [0.05, 0.1) is 12.0 Å². The second-order valence-corrected chi connectivity index (χ2v) is 3.67. The molecule has 0 spiro atoms. The second-order valence-electron chi connectivity index (χ2n) is 3.67. The van der Waals surface area contributed by atoms with Crippen molar-refractivity contribution >= 4 is 17.3 Å². The van der Waals surface area contributed by atoms with Gasteiger partial charge in [0.25, 0.3) is 5.69 Å². The molecule has 0 aliphatic carbocycles. The highest BCUT2D eigenvalue weighted by Gasteiger charge is 2.19. The van der Waals surface area contributed by atoms with Gasteiger partial charge in [-0.1, -0.05) is 6.07 Å². The molecule has 0 saturated carbocycles. The molecule has 0 fully saturated rings. The predicted molar refractivity (Wildman–Crippen MR) is 62.9 cm³/mol. The van der Waals surface area contributed by atoms with Gasteiger partial charge in [0.1, 0.15) is 11.7 Å². The van der Waals surface area contributed by atoms with Gasteiger partial charge in [0, 0.05) is 6.07 Å². The lowest BCUT2D eigenvalue weighted by molar-refractivity contribution is -0.384. The fraction of sp³-hybridized carbons (Fsp3) is 0.364. The summed E-state index contributed by atoms with van der Waals surface area (Å²) >= 11 is 0. The number of benzene rings is 1. The molecule has 0 aliphatic rings. The maximum atomic E-state index is 11.2. The fourth-order valence-electron chi connectivity index (χ4n) is 1.39. The number of esters is 1. The van der Waals surface area contributed by atoms with E-state index in [1.54, 1.807) is 19.1 Å². The monoisotopic (exact) mass is 238 g/mol. The van der Waals surface area contributed by atoms with E-state index in [0.29, 0.717) is 5.69 Å². The first-order valence-corrected chi connectivity index (χ1v) is 5.05. The Kier molecular flexibility index (Phi) is 4.03. The molecule has 1 aromatic rings. The summed E-state index contributed by atoms with van der Waals surface area (Å²) in [6, 6.07) is 4.03. The van der Waals surface area contributed by atoms with Gasteiger partial charge in [-0.2, -0.15) is 0 Å². The summed E-state index contributed by atoms with van der Waals surface area (Å²) in [6.07, 6.45) is 0. The minimum Gasteiger partial charge on any atom is -0.467 e. The van der Waals surface area contributed by atoms with Crippen LogP contribution in [0.1, 0.15) is 12.5 Å². The van der Waals surface area contributed by atoms with Gasteiger partial charge in [0.15, 0.2) is 0 Å². The maximum Gasteiger partial charge on any atom is 0.327 e. The Balaban J connectivity index is 3.00. The van der Waals surface area contributed by atoms with Crippen LogP contribution in [0.3, 0.4) is 0 Å². The van der Waals surface area contributed by atoms with Crippen LogP contribution < -0.4 is 5.32 Å². The van der Waals surface area contributed by atoms with E-state index in [4.69, 9.17) is 0 Å². The Labute approximate surface area is 98.7 Å². The molecule has 0 heterocycles. The van der Waals surface area contributed by atoms with Crippen LogP contribution in [0.2, 0.25) is 0 Å². The topological polar surface area (TPSA) is 81.5 Å². The number of nitro benzene ring substituents is 1. The van der Waals surface area contributed by atoms with Crippen molar-refractivity contribution in [3.05, 3.63) is 33.9 Å². The molecular formula is C11H14N2O4. The number of nitrogens with zero attached hydrogens (tertiary/aromatic N) is 1. The van der Waals surface area contributed by atoms with Gasteiger partial charge >= 0.3 is 5.97 Å². The lowest BCUT2D eigenvalue weighted by Gasteiger charge is -2.13. The van der Waals surface area contributed by atoms with E-state index in [1.165, 1.54) is 13.2 Å². The molecule has 0 bridgehead atoms. The van der Waals surface area contributed by atoms with Crippen LogP contribution in [0, 0.1) is 17.0 Å². The molecule has 0 saturated heterocycles. The lowest BCUT2D eigenvalue weighted by Crippen LogP contribution is -2.27. The molecule has 1 N–H and O–H groups in total. The van der Waals surface area contributed by atoms with E-state index in [2.05, 4.69) is 10.1 Å². The summed E-state index contributed by atoms with van der Waals surface area (Å²) in [5.74, 6) is -0.471. The fourth-order valence-corrected chi connectivity index (χ4v) is 1.39. The number of rotatable bonds is 4. The molecular weight excluding hydrogens is 224 g/mol. The van der Waals surface area contributed by atoms with Crippen LogP contribution in [0.4, 0.5) is 11.4 Å². The zero-order valence-electron chi connectivity index (χ0n) is 9.89. The Bertz CT molecular complexity index is 445. The van der Waals surface area contributed by atoms with Crippen LogP contribution in [0.5, 0.6) is 0 Å². The number of ether oxygens (including phenoxy) is 1. The highest BCUT2D eigenvalue weighted by Crippen LogP contribution is 2.25. The zero-order valence-corrected chi connectivity index (χ0v) is 9.89. The van der Waals surface area contributed by atoms with E-state index >= 15 is 0 Å². The predicted octanol–water partition coefficient (Wildman–Crippen LogP) is 1.88. The van der Waals surface area contributed by atoms with Crippen molar-refractivity contribution in [3.63, 3.8) is 0 Å². The number of carbonyl (C=O) groups is 1. The third-order valence-electron chi connectivity index (χ3n) is 2.28. The van der Waals surface area contributed by atoms with Crippen molar-refractivity contribution in [1.29, 1.82) is 0 Å². The van der Waals surface area contributed by atoms with E-state index in [1.807, 2.05) is 6.92 Å². The number of hydrogen-bond donors (Lipinski definition) is 1. The quantitative estimate of drug-likeness (QED) is 0.492. The Morgan fingerprint density at radius 2 is 2.18 bits per heavy atom. The number of nitro groups is 1. The summed E-state index contributed by atoms with van der Waals surface area (Å²) in [7, 11) is 1.27. The first kappa shape index (κ1) is 13.0. The van der Waals surface area contributed by atoms with Crippen LogP contribution in [-0.2, 0) is 9.53 Å². The third kappa shape index (κ3) is 3.17. The molecule has 0 amide bonds. The largest absolute Gasteiger partial charge is 0.467 e. The third-order valence-corrected chi connectivity index (χ3v) is 2.28. The van der Waals surface area contributed by atoms with Crippen LogP contribution in [0.25, 0.3) is 0 Å². The van der Waals surface area contributed by atoms with E-state index < -0.39 is 16.9 Å². The van der Waals surface area contributed by atoms with E-state index in [0.717, 1.165) is 5.56 Å². The van der Waals surface area contributed by atoms with Crippen LogP contribution >= 0.6 is 0 Å². The number of carbonyl (C=O) groups excluding carboxylic acids is 1. The second kappa shape index (κ2) is 5.29. The standard InChI is InChI=1S/C11H14N2O4/c1-7-4-5-10(13(15)16)9(6-7)12-8(2)11(14)17-3/h4-6,8,12H,1-3H3. The molecule has 1 atom stereocenters. The number of anilines is 1. The Morgan fingerprint density at radius 3 is 2.71 bits per heavy atom. The highest BCUT2D eigenvalue weighted by atomic mass is 16.6. The lowest BCUT2D eigenvalue weighted by atomic mass is 10.2. The van der Waals surface area contributed by atoms with Gasteiger partial charge in [-0.3, -0.25) is 10.1 Å². The number of methoxy groups -OCH3 is 1. The van der Waals surface area contributed by atoms with Crippen LogP contribution in [-0.4, -0.2) is 24.0 Å². The van der Waals surface area contributed by atoms with Gasteiger partial charge in [-0.15, -0.1) is 0 Å². The molecule has 1 aromatic carbocycles. The summed E-state index contributed by atoms with van der Waals surface area (Å²) in [6.45, 7) is 3.40. The molecule has 1 unspecified atom stereocenters.